The summed E-state index contributed by atoms with van der Waals surface area (Å²) in [7, 11) is 0. The highest BCUT2D eigenvalue weighted by Crippen LogP contribution is 2.43. The maximum absolute atomic E-state index is 13.3. The van der Waals surface area contributed by atoms with Crippen molar-refractivity contribution in [3.05, 3.63) is 82.0 Å². The summed E-state index contributed by atoms with van der Waals surface area (Å²) in [6.07, 6.45) is -0.206. The largest absolute Gasteiger partial charge is 0.447 e. The van der Waals surface area contributed by atoms with Gasteiger partial charge < -0.3 is 15.0 Å². The lowest BCUT2D eigenvalue weighted by atomic mass is 9.97. The zero-order valence-electron chi connectivity index (χ0n) is 18.8. The molecule has 2 aromatic carbocycles. The molecule has 0 spiro atoms. The van der Waals surface area contributed by atoms with Crippen LogP contribution in [0.3, 0.4) is 0 Å². The smallest absolute Gasteiger partial charge is 0.414 e. The highest BCUT2D eigenvalue weighted by atomic mass is 32.1. The van der Waals surface area contributed by atoms with E-state index in [9.17, 15) is 14.4 Å². The van der Waals surface area contributed by atoms with Crippen LogP contribution in [0.5, 0.6) is 0 Å². The molecule has 0 radical (unpaired) electrons. The molecule has 3 aromatic rings. The van der Waals surface area contributed by atoms with E-state index in [1.54, 1.807) is 21.1 Å². The normalized spacial score (nSPS) is 20.0. The number of nitrogens with zero attached hydrogens (tertiary/aromatic N) is 2. The summed E-state index contributed by atoms with van der Waals surface area (Å²) in [4.78, 5) is 42.6. The summed E-state index contributed by atoms with van der Waals surface area (Å²) >= 11 is 1.55. The van der Waals surface area contributed by atoms with Crippen molar-refractivity contribution in [1.82, 2.24) is 5.32 Å². The van der Waals surface area contributed by atoms with Crippen molar-refractivity contribution in [2.75, 3.05) is 23.0 Å². The molecule has 2 fully saturated rings. The van der Waals surface area contributed by atoms with Gasteiger partial charge in [0.15, 0.2) is 0 Å². The molecule has 0 aliphatic carbocycles. The van der Waals surface area contributed by atoms with E-state index >= 15 is 0 Å². The second kappa shape index (κ2) is 9.30. The third-order valence-electron chi connectivity index (χ3n) is 6.26. The van der Waals surface area contributed by atoms with Gasteiger partial charge in [0.05, 0.1) is 18.5 Å². The molecule has 174 valence electrons. The van der Waals surface area contributed by atoms with E-state index in [2.05, 4.69) is 5.32 Å². The Morgan fingerprint density at radius 3 is 2.62 bits per heavy atom. The van der Waals surface area contributed by atoms with Crippen LogP contribution < -0.4 is 15.1 Å². The van der Waals surface area contributed by atoms with Crippen molar-refractivity contribution in [3.8, 4) is 0 Å². The molecule has 8 heteroatoms. The van der Waals surface area contributed by atoms with Gasteiger partial charge in [-0.15, -0.1) is 11.3 Å². The lowest BCUT2D eigenvalue weighted by molar-refractivity contribution is -0.126. The van der Waals surface area contributed by atoms with Gasteiger partial charge in [-0.1, -0.05) is 35.9 Å². The first-order valence-corrected chi connectivity index (χ1v) is 12.1. The fourth-order valence-electron chi connectivity index (χ4n) is 4.55. The molecule has 7 nitrogen and oxygen atoms in total. The number of cyclic esters (lactones) is 1. The first-order chi connectivity index (χ1) is 16.5. The molecule has 0 bridgehead atoms. The van der Waals surface area contributed by atoms with Gasteiger partial charge in [0, 0.05) is 29.2 Å². The van der Waals surface area contributed by atoms with Gasteiger partial charge in [0.1, 0.15) is 6.61 Å². The first-order valence-electron chi connectivity index (χ1n) is 11.2. The molecule has 3 amide bonds. The van der Waals surface area contributed by atoms with E-state index in [-0.39, 0.29) is 30.4 Å². The van der Waals surface area contributed by atoms with Crippen LogP contribution in [-0.2, 0) is 20.9 Å². The number of aryl methyl sites for hydroxylation is 1. The topological polar surface area (TPSA) is 79.0 Å². The average molecular weight is 476 g/mol. The molecule has 0 saturated carbocycles. The number of carbonyl (C=O) groups is 3. The number of anilines is 2. The summed E-state index contributed by atoms with van der Waals surface area (Å²) in [5, 5.41) is 4.98. The van der Waals surface area contributed by atoms with E-state index < -0.39 is 5.92 Å². The van der Waals surface area contributed by atoms with Crippen molar-refractivity contribution < 1.29 is 19.1 Å². The molecule has 5 rings (SSSR count). The van der Waals surface area contributed by atoms with Gasteiger partial charge in [0.25, 0.3) is 0 Å². The molecule has 1 aromatic heterocycles. The Kier molecular flexibility index (Phi) is 6.06. The summed E-state index contributed by atoms with van der Waals surface area (Å²) in [6.45, 7) is 3.19. The van der Waals surface area contributed by atoms with Crippen molar-refractivity contribution >= 4 is 40.6 Å². The summed E-state index contributed by atoms with van der Waals surface area (Å²) in [5.74, 6) is -0.714. The van der Waals surface area contributed by atoms with Crippen LogP contribution in [0, 0.1) is 12.8 Å². The van der Waals surface area contributed by atoms with Crippen molar-refractivity contribution in [2.45, 2.75) is 25.9 Å². The summed E-state index contributed by atoms with van der Waals surface area (Å²) in [6, 6.07) is 18.9. The van der Waals surface area contributed by atoms with E-state index in [4.69, 9.17) is 4.74 Å². The zero-order valence-corrected chi connectivity index (χ0v) is 19.6. The van der Waals surface area contributed by atoms with Crippen LogP contribution in [0.2, 0.25) is 0 Å². The predicted octanol–water partition coefficient (Wildman–Crippen LogP) is 4.42. The van der Waals surface area contributed by atoms with Crippen molar-refractivity contribution in [3.63, 3.8) is 0 Å². The Labute approximate surface area is 201 Å². The highest BCUT2D eigenvalue weighted by Gasteiger charge is 2.45. The van der Waals surface area contributed by atoms with E-state index in [0.717, 1.165) is 27.4 Å². The molecule has 3 heterocycles. The van der Waals surface area contributed by atoms with Gasteiger partial charge in [-0.3, -0.25) is 14.5 Å². The zero-order chi connectivity index (χ0) is 23.7. The monoisotopic (exact) mass is 475 g/mol. The van der Waals surface area contributed by atoms with Gasteiger partial charge >= 0.3 is 6.09 Å². The third-order valence-corrected chi connectivity index (χ3v) is 7.20. The number of amides is 3. The standard InChI is InChI=1S/C26H25N3O4S/c1-17-7-9-19(10-8-17)29-23(30)15-21(24(29)22-6-3-13-34-22)25(31)27-16-18-4-2-5-20(14-18)28-11-12-33-26(28)32/h2-10,13-14,21,24H,11-12,15-16H2,1H3,(H,27,31). The van der Waals surface area contributed by atoms with Crippen LogP contribution in [0.25, 0.3) is 0 Å². The molecule has 2 aliphatic heterocycles. The maximum atomic E-state index is 13.3. The maximum Gasteiger partial charge on any atom is 0.414 e. The van der Waals surface area contributed by atoms with Crippen LogP contribution in [-0.4, -0.2) is 31.1 Å². The second-order valence-electron chi connectivity index (χ2n) is 8.52. The molecule has 34 heavy (non-hydrogen) atoms. The average Bonchev–Trinajstić information content (AvgIpc) is 3.58. The van der Waals surface area contributed by atoms with Gasteiger partial charge in [0.2, 0.25) is 11.8 Å². The predicted molar refractivity (Wildman–Crippen MR) is 131 cm³/mol. The molecule has 1 N–H and O–H groups in total. The quantitative estimate of drug-likeness (QED) is 0.572. The number of nitrogens with one attached hydrogen (secondary N) is 1. The van der Waals surface area contributed by atoms with Crippen LogP contribution >= 0.6 is 11.3 Å². The van der Waals surface area contributed by atoms with Crippen LogP contribution in [0.4, 0.5) is 16.2 Å². The number of carbonyl (C=O) groups excluding carboxylic acids is 3. The minimum atomic E-state index is -0.496. The minimum Gasteiger partial charge on any atom is -0.447 e. The van der Waals surface area contributed by atoms with Crippen molar-refractivity contribution in [2.24, 2.45) is 5.92 Å². The lowest BCUT2D eigenvalue weighted by Crippen LogP contribution is -2.35. The molecule has 2 unspecified atom stereocenters. The number of thiophene rings is 1. The van der Waals surface area contributed by atoms with Gasteiger partial charge in [-0.2, -0.15) is 0 Å². The Morgan fingerprint density at radius 2 is 1.91 bits per heavy atom. The van der Waals surface area contributed by atoms with E-state index in [1.807, 2.05) is 73.0 Å². The van der Waals surface area contributed by atoms with Gasteiger partial charge in [-0.05, 0) is 48.2 Å². The van der Waals surface area contributed by atoms with Crippen molar-refractivity contribution in [1.29, 1.82) is 0 Å². The molecular formula is C26H25N3O4S. The molecule has 2 saturated heterocycles. The number of hydrogen-bond acceptors (Lipinski definition) is 5. The fraction of sp³-hybridized carbons (Fsp3) is 0.269. The van der Waals surface area contributed by atoms with E-state index in [0.29, 0.717) is 19.7 Å². The Balaban J connectivity index is 1.34. The van der Waals surface area contributed by atoms with Crippen LogP contribution in [0.1, 0.15) is 28.5 Å². The Hall–Kier alpha value is -3.65. The fourth-order valence-corrected chi connectivity index (χ4v) is 5.43. The van der Waals surface area contributed by atoms with Gasteiger partial charge in [-0.25, -0.2) is 4.79 Å². The Bertz CT molecular complexity index is 1210. The lowest BCUT2D eigenvalue weighted by Gasteiger charge is -2.27. The molecular weight excluding hydrogens is 450 g/mol. The summed E-state index contributed by atoms with van der Waals surface area (Å²) in [5.41, 5.74) is 3.53. The molecule has 2 atom stereocenters. The first kappa shape index (κ1) is 22.2. The number of ether oxygens (including phenoxy) is 1. The van der Waals surface area contributed by atoms with Crippen LogP contribution in [0.15, 0.2) is 66.0 Å². The molecule has 2 aliphatic rings. The minimum absolute atomic E-state index is 0.0584. The second-order valence-corrected chi connectivity index (χ2v) is 9.50. The Morgan fingerprint density at radius 1 is 1.09 bits per heavy atom. The number of hydrogen-bond donors (Lipinski definition) is 1. The third kappa shape index (κ3) is 4.28. The number of benzene rings is 2. The number of rotatable bonds is 6. The summed E-state index contributed by atoms with van der Waals surface area (Å²) < 4.78 is 5.02. The van der Waals surface area contributed by atoms with E-state index in [1.165, 1.54) is 0 Å². The highest BCUT2D eigenvalue weighted by molar-refractivity contribution is 7.10. The SMILES string of the molecule is Cc1ccc(N2C(=O)CC(C(=O)NCc3cccc(N4CCOC4=O)c3)C2c2cccs2)cc1.